The van der Waals surface area contributed by atoms with Crippen LogP contribution >= 0.6 is 23.1 Å². The van der Waals surface area contributed by atoms with Crippen molar-refractivity contribution in [1.29, 1.82) is 0 Å². The van der Waals surface area contributed by atoms with Crippen molar-refractivity contribution in [3.05, 3.63) is 51.6 Å². The normalized spacial score (nSPS) is 13.5. The Balaban J connectivity index is 1.79. The third kappa shape index (κ3) is 4.09. The Bertz CT molecular complexity index is 1030. The van der Waals surface area contributed by atoms with Gasteiger partial charge in [0.05, 0.1) is 10.6 Å². The Hall–Kier alpha value is -2.12. The molecule has 0 bridgehead atoms. The lowest BCUT2D eigenvalue weighted by Gasteiger charge is -2.18. The molecule has 0 fully saturated rings. The van der Waals surface area contributed by atoms with Crippen molar-refractivity contribution in [3.8, 4) is 0 Å². The predicted molar refractivity (Wildman–Crippen MR) is 114 cm³/mol. The molecule has 1 N–H and O–H groups in total. The van der Waals surface area contributed by atoms with E-state index >= 15 is 0 Å². The lowest BCUT2D eigenvalue weighted by molar-refractivity contribution is -0.115. The van der Waals surface area contributed by atoms with Gasteiger partial charge < -0.3 is 5.32 Å². The van der Waals surface area contributed by atoms with Crippen molar-refractivity contribution in [3.63, 3.8) is 0 Å². The molecule has 0 aliphatic heterocycles. The number of anilines is 1. The molecule has 0 spiro atoms. The second-order valence-electron chi connectivity index (χ2n) is 6.54. The predicted octanol–water partition coefficient (Wildman–Crippen LogP) is 4.63. The van der Waals surface area contributed by atoms with Crippen molar-refractivity contribution in [2.24, 2.45) is 7.05 Å². The molecule has 0 saturated heterocycles. The van der Waals surface area contributed by atoms with Gasteiger partial charge in [0.1, 0.15) is 4.83 Å². The molecule has 0 aliphatic rings. The topological polar surface area (TPSA) is 64.0 Å². The number of carbonyl (C=O) groups is 1. The molecule has 0 aliphatic carbocycles. The molecule has 27 heavy (non-hydrogen) atoms. The van der Waals surface area contributed by atoms with E-state index in [0.29, 0.717) is 21.3 Å². The summed E-state index contributed by atoms with van der Waals surface area (Å²) in [5, 5.41) is 5.68. The summed E-state index contributed by atoms with van der Waals surface area (Å²) in [5.41, 5.74) is 1.90. The molecule has 3 aromatic rings. The molecule has 2 aromatic heterocycles. The monoisotopic (exact) mass is 401 g/mol. The number of fused-ring (bicyclic) bond motifs is 1. The largest absolute Gasteiger partial charge is 0.325 e. The number of thioether (sulfide) groups is 1. The number of rotatable bonds is 6. The minimum absolute atomic E-state index is 0.0847. The molecule has 5 nitrogen and oxygen atoms in total. The molecule has 3 rings (SSSR count). The maximum atomic E-state index is 12.7. The van der Waals surface area contributed by atoms with E-state index in [9.17, 15) is 9.59 Å². The average molecular weight is 402 g/mol. The molecule has 0 radical (unpaired) electrons. The van der Waals surface area contributed by atoms with Crippen LogP contribution in [0.15, 0.2) is 45.7 Å². The van der Waals surface area contributed by atoms with Crippen LogP contribution in [0.1, 0.15) is 38.7 Å². The van der Waals surface area contributed by atoms with Crippen LogP contribution < -0.4 is 10.9 Å². The fourth-order valence-corrected chi connectivity index (χ4v) is 4.47. The summed E-state index contributed by atoms with van der Waals surface area (Å²) in [6, 6.07) is 9.69. The first-order valence-corrected chi connectivity index (χ1v) is 10.7. The van der Waals surface area contributed by atoms with Gasteiger partial charge in [0.15, 0.2) is 5.16 Å². The van der Waals surface area contributed by atoms with E-state index in [-0.39, 0.29) is 16.7 Å². The van der Waals surface area contributed by atoms with Gasteiger partial charge in [0.2, 0.25) is 5.91 Å². The number of amides is 1. The Morgan fingerprint density at radius 1 is 1.30 bits per heavy atom. The number of aromatic nitrogens is 2. The molecular formula is C20H23N3O2S2. The highest BCUT2D eigenvalue weighted by Gasteiger charge is 2.20. The number of thiophene rings is 1. The number of hydrogen-bond donors (Lipinski definition) is 1. The standard InChI is InChI=1S/C20H23N3O2S2/c1-5-12(2)14-8-6-7-9-16(14)21-17(24)13(3)27-20-22-18-15(10-11-26-18)19(25)23(20)4/h6-13H,5H2,1-4H3,(H,21,24). The number of nitrogens with zero attached hydrogens (tertiary/aromatic N) is 2. The first-order chi connectivity index (χ1) is 12.9. The van der Waals surface area contributed by atoms with Crippen LogP contribution in [-0.4, -0.2) is 20.7 Å². The summed E-state index contributed by atoms with van der Waals surface area (Å²) in [4.78, 5) is 30.4. The molecule has 7 heteroatoms. The van der Waals surface area contributed by atoms with E-state index in [1.807, 2.05) is 30.5 Å². The maximum absolute atomic E-state index is 12.7. The zero-order valence-corrected chi connectivity index (χ0v) is 17.5. The van der Waals surface area contributed by atoms with Crippen molar-refractivity contribution < 1.29 is 4.79 Å². The van der Waals surface area contributed by atoms with Crippen LogP contribution in [0.25, 0.3) is 10.2 Å². The van der Waals surface area contributed by atoms with E-state index in [4.69, 9.17) is 0 Å². The maximum Gasteiger partial charge on any atom is 0.262 e. The SMILES string of the molecule is CCC(C)c1ccccc1NC(=O)C(C)Sc1nc2sccc2c(=O)n1C. The Morgan fingerprint density at radius 2 is 2.04 bits per heavy atom. The smallest absolute Gasteiger partial charge is 0.262 e. The zero-order valence-electron chi connectivity index (χ0n) is 15.9. The van der Waals surface area contributed by atoms with E-state index in [0.717, 1.165) is 17.7 Å². The Morgan fingerprint density at radius 3 is 2.78 bits per heavy atom. The lowest BCUT2D eigenvalue weighted by atomic mass is 9.97. The Labute approximate surface area is 166 Å². The minimum atomic E-state index is -0.384. The van der Waals surface area contributed by atoms with Crippen LogP contribution in [-0.2, 0) is 11.8 Å². The van der Waals surface area contributed by atoms with Crippen molar-refractivity contribution in [1.82, 2.24) is 9.55 Å². The molecular weight excluding hydrogens is 378 g/mol. The third-order valence-corrected chi connectivity index (χ3v) is 6.63. The van der Waals surface area contributed by atoms with Crippen molar-refractivity contribution >= 4 is 44.9 Å². The molecule has 142 valence electrons. The van der Waals surface area contributed by atoms with Gasteiger partial charge in [0, 0.05) is 12.7 Å². The molecule has 1 amide bonds. The molecule has 2 heterocycles. The van der Waals surface area contributed by atoms with Crippen LogP contribution in [0.2, 0.25) is 0 Å². The second-order valence-corrected chi connectivity index (χ2v) is 8.75. The van der Waals surface area contributed by atoms with E-state index < -0.39 is 0 Å². The fraction of sp³-hybridized carbons (Fsp3) is 0.350. The molecule has 2 unspecified atom stereocenters. The summed E-state index contributed by atoms with van der Waals surface area (Å²) < 4.78 is 1.51. The summed E-state index contributed by atoms with van der Waals surface area (Å²) >= 11 is 2.73. The van der Waals surface area contributed by atoms with Crippen LogP contribution in [0, 0.1) is 0 Å². The molecule has 0 saturated carbocycles. The Kier molecular flexibility index (Phi) is 6.01. The second kappa shape index (κ2) is 8.27. The van der Waals surface area contributed by atoms with Gasteiger partial charge in [-0.3, -0.25) is 14.2 Å². The van der Waals surface area contributed by atoms with Gasteiger partial charge in [-0.1, -0.05) is 43.8 Å². The quantitative estimate of drug-likeness (QED) is 0.483. The van der Waals surface area contributed by atoms with Gasteiger partial charge in [-0.25, -0.2) is 4.98 Å². The average Bonchev–Trinajstić information content (AvgIpc) is 3.14. The van der Waals surface area contributed by atoms with Crippen LogP contribution in [0.4, 0.5) is 5.69 Å². The summed E-state index contributed by atoms with van der Waals surface area (Å²) in [7, 11) is 1.69. The number of nitrogens with one attached hydrogen (secondary N) is 1. The number of carbonyl (C=O) groups excluding carboxylic acids is 1. The first kappa shape index (κ1) is 19.6. The van der Waals surface area contributed by atoms with E-state index in [1.165, 1.54) is 27.7 Å². The van der Waals surface area contributed by atoms with Gasteiger partial charge in [-0.05, 0) is 42.3 Å². The highest BCUT2D eigenvalue weighted by Crippen LogP contribution is 2.28. The highest BCUT2D eigenvalue weighted by molar-refractivity contribution is 8.00. The van der Waals surface area contributed by atoms with Gasteiger partial charge in [0.25, 0.3) is 5.56 Å². The summed E-state index contributed by atoms with van der Waals surface area (Å²) in [5.74, 6) is 0.268. The molecule has 1 aromatic carbocycles. The third-order valence-electron chi connectivity index (χ3n) is 4.68. The lowest BCUT2D eigenvalue weighted by Crippen LogP contribution is -2.25. The first-order valence-electron chi connectivity index (χ1n) is 8.93. The number of benzene rings is 1. The number of hydrogen-bond acceptors (Lipinski definition) is 5. The van der Waals surface area contributed by atoms with Gasteiger partial charge in [-0.2, -0.15) is 0 Å². The number of para-hydroxylation sites is 1. The van der Waals surface area contributed by atoms with Crippen LogP contribution in [0.5, 0.6) is 0 Å². The molecule has 2 atom stereocenters. The van der Waals surface area contributed by atoms with Gasteiger partial charge in [-0.15, -0.1) is 11.3 Å². The summed E-state index contributed by atoms with van der Waals surface area (Å²) in [6.45, 7) is 6.12. The minimum Gasteiger partial charge on any atom is -0.325 e. The fourth-order valence-electron chi connectivity index (χ4n) is 2.79. The van der Waals surface area contributed by atoms with Gasteiger partial charge >= 0.3 is 0 Å². The van der Waals surface area contributed by atoms with E-state index in [1.54, 1.807) is 13.1 Å². The van der Waals surface area contributed by atoms with Crippen LogP contribution in [0.3, 0.4) is 0 Å². The van der Waals surface area contributed by atoms with E-state index in [2.05, 4.69) is 30.2 Å². The highest BCUT2D eigenvalue weighted by atomic mass is 32.2. The zero-order chi connectivity index (χ0) is 19.6. The van der Waals surface area contributed by atoms with Crippen molar-refractivity contribution in [2.45, 2.75) is 43.5 Å². The summed E-state index contributed by atoms with van der Waals surface area (Å²) in [6.07, 6.45) is 1.00. The van der Waals surface area contributed by atoms with Crippen molar-refractivity contribution in [2.75, 3.05) is 5.32 Å².